The Hall–Kier alpha value is 0.955. The maximum absolute atomic E-state index is 12.1. The van der Waals surface area contributed by atoms with E-state index >= 15 is 0 Å². The fourth-order valence-corrected chi connectivity index (χ4v) is 9.08. The molecule has 1 spiro atoms. The fraction of sp³-hybridized carbons (Fsp3) is 1.00. The van der Waals surface area contributed by atoms with Crippen LogP contribution >= 0.6 is 28.3 Å². The average molecular weight is 278 g/mol. The van der Waals surface area contributed by atoms with Gasteiger partial charge in [0.05, 0.1) is 5.60 Å². The van der Waals surface area contributed by atoms with Crippen molar-refractivity contribution in [2.75, 3.05) is 18.2 Å². The summed E-state index contributed by atoms with van der Waals surface area (Å²) in [5, 5.41) is 0. The van der Waals surface area contributed by atoms with Crippen LogP contribution in [0.5, 0.6) is 0 Å². The largest absolute Gasteiger partial charge is 0.379 e. The summed E-state index contributed by atoms with van der Waals surface area (Å²) in [5.74, 6) is 3.07. The molecule has 0 aromatic rings. The molecule has 2 unspecified atom stereocenters. The molecule has 5 atom stereocenters. The van der Waals surface area contributed by atoms with Crippen LogP contribution in [0.15, 0.2) is 0 Å². The average Bonchev–Trinajstić information content (AvgIpc) is 2.37. The zero-order chi connectivity index (χ0) is 12.0. The number of ether oxygens (including phenoxy) is 1. The molecule has 2 saturated heterocycles. The van der Waals surface area contributed by atoms with Gasteiger partial charge in [-0.05, 0) is 18.3 Å². The molecule has 2 heterocycles. The first-order valence-corrected chi connectivity index (χ1v) is 11.2. The van der Waals surface area contributed by atoms with Gasteiger partial charge in [0, 0.05) is 24.2 Å². The van der Waals surface area contributed by atoms with Crippen LogP contribution in [0.4, 0.5) is 0 Å². The molecule has 2 aliphatic heterocycles. The Labute approximate surface area is 107 Å². The lowest BCUT2D eigenvalue weighted by atomic mass is 9.77. The van der Waals surface area contributed by atoms with Crippen LogP contribution in [0, 0.1) is 11.8 Å². The lowest BCUT2D eigenvalue weighted by Crippen LogP contribution is -2.38. The van der Waals surface area contributed by atoms with Crippen LogP contribution in [0.2, 0.25) is 0 Å². The summed E-state index contributed by atoms with van der Waals surface area (Å²) >= 11 is 3.28. The molecule has 2 nitrogen and oxygen atoms in total. The summed E-state index contributed by atoms with van der Waals surface area (Å²) in [6, 6.07) is 0.343. The van der Waals surface area contributed by atoms with E-state index in [-0.39, 0.29) is 5.60 Å². The molecule has 2 aliphatic rings. The normalized spacial score (nSPS) is 54.1. The first-order chi connectivity index (χ1) is 7.36. The van der Waals surface area contributed by atoms with E-state index in [1.165, 1.54) is 0 Å². The van der Waals surface area contributed by atoms with Crippen LogP contribution in [-0.4, -0.2) is 37.6 Å². The van der Waals surface area contributed by atoms with E-state index in [2.05, 4.69) is 21.7 Å². The predicted octanol–water partition coefficient (Wildman–Crippen LogP) is 2.68. The Morgan fingerprint density at radius 1 is 1.44 bits per heavy atom. The van der Waals surface area contributed by atoms with Crippen molar-refractivity contribution in [3.63, 3.8) is 0 Å². The first kappa shape index (κ1) is 13.4. The van der Waals surface area contributed by atoms with Crippen LogP contribution < -0.4 is 0 Å². The van der Waals surface area contributed by atoms with Crippen LogP contribution in [0.25, 0.3) is 0 Å². The SMILES string of the molecule is B[C@@H]1O[C@@]2(CCSP(C)(=O)SC2)[C@H](C)C1C. The zero-order valence-electron chi connectivity index (χ0n) is 10.4. The lowest BCUT2D eigenvalue weighted by molar-refractivity contribution is -0.0134. The highest BCUT2D eigenvalue weighted by Crippen LogP contribution is 2.69. The first-order valence-electron chi connectivity index (χ1n) is 5.91. The number of hydrogen-bond donors (Lipinski definition) is 0. The predicted molar refractivity (Wildman–Crippen MR) is 77.5 cm³/mol. The monoisotopic (exact) mass is 278 g/mol. The van der Waals surface area contributed by atoms with Gasteiger partial charge in [-0.3, -0.25) is 0 Å². The molecule has 2 rings (SSSR count). The molecule has 0 N–H and O–H groups in total. The summed E-state index contributed by atoms with van der Waals surface area (Å²) in [4.78, 5) is 0. The van der Waals surface area contributed by atoms with Crippen LogP contribution in [0.1, 0.15) is 20.3 Å². The Bertz CT molecular complexity index is 328. The molecular weight excluding hydrogens is 258 g/mol. The summed E-state index contributed by atoms with van der Waals surface area (Å²) in [6.45, 7) is 6.47. The minimum atomic E-state index is -2.02. The second-order valence-corrected chi connectivity index (χ2v) is 14.3. The van der Waals surface area contributed by atoms with Crippen molar-refractivity contribution in [1.82, 2.24) is 0 Å². The minimum absolute atomic E-state index is 0.0152. The third-order valence-electron chi connectivity index (χ3n) is 4.17. The van der Waals surface area contributed by atoms with Gasteiger partial charge in [-0.1, -0.05) is 36.6 Å². The van der Waals surface area contributed by atoms with Crippen molar-refractivity contribution >= 4 is 36.2 Å². The third kappa shape index (κ3) is 2.38. The Balaban J connectivity index is 2.17. The fourth-order valence-electron chi connectivity index (χ4n) is 2.64. The minimum Gasteiger partial charge on any atom is -0.379 e. The van der Waals surface area contributed by atoms with Gasteiger partial charge in [0.1, 0.15) is 7.85 Å². The van der Waals surface area contributed by atoms with Crippen LogP contribution in [-0.2, 0) is 9.30 Å². The van der Waals surface area contributed by atoms with Crippen molar-refractivity contribution in [2.45, 2.75) is 31.9 Å². The van der Waals surface area contributed by atoms with E-state index in [9.17, 15) is 4.57 Å². The molecule has 0 radical (unpaired) electrons. The maximum atomic E-state index is 12.1. The molecule has 92 valence electrons. The molecule has 0 aliphatic carbocycles. The van der Waals surface area contributed by atoms with Gasteiger partial charge < -0.3 is 9.30 Å². The topological polar surface area (TPSA) is 26.3 Å². The molecule has 0 saturated carbocycles. The highest BCUT2D eigenvalue weighted by Gasteiger charge is 2.50. The van der Waals surface area contributed by atoms with Crippen molar-refractivity contribution < 1.29 is 9.30 Å². The van der Waals surface area contributed by atoms with Gasteiger partial charge in [-0.15, -0.1) is 0 Å². The van der Waals surface area contributed by atoms with E-state index in [1.54, 1.807) is 22.8 Å². The third-order valence-corrected chi connectivity index (χ3v) is 11.8. The summed E-state index contributed by atoms with van der Waals surface area (Å²) < 4.78 is 18.4. The zero-order valence-corrected chi connectivity index (χ0v) is 13.0. The smallest absolute Gasteiger partial charge is 0.188 e. The van der Waals surface area contributed by atoms with Gasteiger partial charge in [0.2, 0.25) is 0 Å². The summed E-state index contributed by atoms with van der Waals surface area (Å²) in [7, 11) is 2.17. The second-order valence-electron chi connectivity index (χ2n) is 5.16. The van der Waals surface area contributed by atoms with E-state index in [0.717, 1.165) is 17.9 Å². The molecule has 0 bridgehead atoms. The van der Waals surface area contributed by atoms with E-state index in [4.69, 9.17) is 4.74 Å². The molecule has 0 amide bonds. The van der Waals surface area contributed by atoms with Crippen LogP contribution in [0.3, 0.4) is 0 Å². The molecule has 6 heteroatoms. The summed E-state index contributed by atoms with van der Waals surface area (Å²) in [5.41, 5.74) is -2.04. The highest BCUT2D eigenvalue weighted by molar-refractivity contribution is 8.90. The number of rotatable bonds is 0. The number of hydrogen-bond acceptors (Lipinski definition) is 4. The Morgan fingerprint density at radius 2 is 2.12 bits per heavy atom. The standard InChI is InChI=1S/C10H20BO2PS2/c1-7-8(2)10(13-9(7)11)4-5-15-14(3,12)16-6-10/h7-9H,4-6,11H2,1-3H3/t7?,8-,9-,10-,14?/m1/s1. The molecule has 0 aromatic carbocycles. The molecule has 0 aromatic heterocycles. The quantitative estimate of drug-likeness (QED) is 0.502. The second kappa shape index (κ2) is 4.57. The van der Waals surface area contributed by atoms with Gasteiger partial charge in [-0.25, -0.2) is 0 Å². The van der Waals surface area contributed by atoms with Crippen molar-refractivity contribution in [1.29, 1.82) is 0 Å². The lowest BCUT2D eigenvalue weighted by Gasteiger charge is -2.31. The Morgan fingerprint density at radius 3 is 2.69 bits per heavy atom. The molecular formula is C10H20BO2PS2. The highest BCUT2D eigenvalue weighted by atomic mass is 33.1. The Kier molecular flexibility index (Phi) is 3.82. The van der Waals surface area contributed by atoms with Crippen molar-refractivity contribution in [3.8, 4) is 0 Å². The van der Waals surface area contributed by atoms with Gasteiger partial charge in [0.25, 0.3) is 0 Å². The maximum Gasteiger partial charge on any atom is 0.188 e. The van der Waals surface area contributed by atoms with E-state index < -0.39 is 5.55 Å². The van der Waals surface area contributed by atoms with Gasteiger partial charge >= 0.3 is 0 Å². The molecule has 16 heavy (non-hydrogen) atoms. The summed E-state index contributed by atoms with van der Waals surface area (Å²) in [6.07, 6.45) is 1.05. The van der Waals surface area contributed by atoms with E-state index in [1.807, 2.05) is 6.66 Å². The van der Waals surface area contributed by atoms with Gasteiger partial charge in [-0.2, -0.15) is 0 Å². The van der Waals surface area contributed by atoms with E-state index in [0.29, 0.717) is 17.8 Å². The molecule has 2 fully saturated rings. The van der Waals surface area contributed by atoms with Crippen molar-refractivity contribution in [3.05, 3.63) is 0 Å². The van der Waals surface area contributed by atoms with Crippen molar-refractivity contribution in [2.24, 2.45) is 11.8 Å². The van der Waals surface area contributed by atoms with Gasteiger partial charge in [0.15, 0.2) is 5.55 Å².